The summed E-state index contributed by atoms with van der Waals surface area (Å²) in [5, 5.41) is 3.24. The zero-order valence-electron chi connectivity index (χ0n) is 10.6. The maximum Gasteiger partial charge on any atom is 0.129 e. The van der Waals surface area contributed by atoms with Gasteiger partial charge in [0.2, 0.25) is 0 Å². The molecule has 0 atom stereocenters. The molecular formula is C14H20FNO. The van der Waals surface area contributed by atoms with E-state index in [1.54, 1.807) is 19.1 Å². The first-order valence-electron chi connectivity index (χ1n) is 5.89. The molecule has 3 heteroatoms. The van der Waals surface area contributed by atoms with Crippen molar-refractivity contribution < 1.29 is 9.13 Å². The average Bonchev–Trinajstić information content (AvgIpc) is 2.31. The molecule has 0 saturated heterocycles. The molecule has 0 bridgehead atoms. The van der Waals surface area contributed by atoms with Crippen LogP contribution in [0.25, 0.3) is 0 Å². The highest BCUT2D eigenvalue weighted by Gasteiger charge is 2.01. The highest BCUT2D eigenvalue weighted by atomic mass is 19.1. The summed E-state index contributed by atoms with van der Waals surface area (Å²) in [7, 11) is 0. The fourth-order valence-corrected chi connectivity index (χ4v) is 1.34. The van der Waals surface area contributed by atoms with Crippen LogP contribution in [0.2, 0.25) is 0 Å². The van der Waals surface area contributed by atoms with Crippen molar-refractivity contribution in [3.63, 3.8) is 0 Å². The molecule has 0 aliphatic carbocycles. The van der Waals surface area contributed by atoms with Crippen molar-refractivity contribution in [3.8, 4) is 5.75 Å². The summed E-state index contributed by atoms with van der Waals surface area (Å²) >= 11 is 0. The van der Waals surface area contributed by atoms with Crippen LogP contribution in [0.5, 0.6) is 5.75 Å². The van der Waals surface area contributed by atoms with Crippen LogP contribution in [0.3, 0.4) is 0 Å². The van der Waals surface area contributed by atoms with Gasteiger partial charge >= 0.3 is 0 Å². The van der Waals surface area contributed by atoms with Gasteiger partial charge in [-0.3, -0.25) is 0 Å². The highest BCUT2D eigenvalue weighted by molar-refractivity contribution is 5.28. The van der Waals surface area contributed by atoms with Crippen molar-refractivity contribution in [2.75, 3.05) is 19.7 Å². The van der Waals surface area contributed by atoms with Crippen LogP contribution in [-0.2, 0) is 0 Å². The van der Waals surface area contributed by atoms with Gasteiger partial charge in [0.25, 0.3) is 0 Å². The molecule has 0 amide bonds. The average molecular weight is 237 g/mol. The number of aryl methyl sites for hydroxylation is 1. The first-order valence-corrected chi connectivity index (χ1v) is 5.89. The molecular weight excluding hydrogens is 217 g/mol. The molecule has 0 heterocycles. The number of rotatable bonds is 7. The Labute approximate surface area is 102 Å². The zero-order valence-corrected chi connectivity index (χ0v) is 10.6. The van der Waals surface area contributed by atoms with Gasteiger partial charge in [0.15, 0.2) is 0 Å². The third kappa shape index (κ3) is 5.00. The zero-order chi connectivity index (χ0) is 12.7. The number of benzene rings is 1. The molecule has 1 rings (SSSR count). The van der Waals surface area contributed by atoms with Crippen molar-refractivity contribution in [1.29, 1.82) is 0 Å². The fraction of sp³-hybridized carbons (Fsp3) is 0.429. The van der Waals surface area contributed by atoms with Gasteiger partial charge in [-0.05, 0) is 37.1 Å². The predicted octanol–water partition coefficient (Wildman–Crippen LogP) is 3.07. The van der Waals surface area contributed by atoms with Gasteiger partial charge in [0.1, 0.15) is 18.2 Å². The smallest absolute Gasteiger partial charge is 0.129 e. The minimum Gasteiger partial charge on any atom is -0.489 e. The lowest BCUT2D eigenvalue weighted by Gasteiger charge is -2.10. The molecule has 1 aromatic carbocycles. The molecule has 2 nitrogen and oxygen atoms in total. The predicted molar refractivity (Wildman–Crippen MR) is 68.9 cm³/mol. The van der Waals surface area contributed by atoms with E-state index in [0.29, 0.717) is 17.9 Å². The van der Waals surface area contributed by atoms with E-state index >= 15 is 0 Å². The first kappa shape index (κ1) is 13.7. The summed E-state index contributed by atoms with van der Waals surface area (Å²) in [6.45, 7) is 9.87. The van der Waals surface area contributed by atoms with E-state index in [9.17, 15) is 4.39 Å². The monoisotopic (exact) mass is 237 g/mol. The minimum absolute atomic E-state index is 0.239. The van der Waals surface area contributed by atoms with Gasteiger partial charge in [-0.15, -0.1) is 0 Å². The molecule has 0 radical (unpaired) electrons. The van der Waals surface area contributed by atoms with Gasteiger partial charge in [-0.25, -0.2) is 4.39 Å². The Balaban J connectivity index is 2.34. The Morgan fingerprint density at radius 2 is 2.24 bits per heavy atom. The lowest BCUT2D eigenvalue weighted by atomic mass is 10.2. The number of hydrogen-bond acceptors (Lipinski definition) is 2. The SMILES string of the molecule is C=C(CNCCC)COc1ccc(C)c(F)c1. The van der Waals surface area contributed by atoms with Crippen molar-refractivity contribution in [3.05, 3.63) is 41.7 Å². The van der Waals surface area contributed by atoms with Crippen LogP contribution in [-0.4, -0.2) is 19.7 Å². The quantitative estimate of drug-likeness (QED) is 0.581. The maximum absolute atomic E-state index is 13.2. The standard InChI is InChI=1S/C14H20FNO/c1-4-7-16-9-11(2)10-17-13-6-5-12(3)14(15)8-13/h5-6,8,16H,2,4,7,9-10H2,1,3H3. The number of hydrogen-bond donors (Lipinski definition) is 1. The summed E-state index contributed by atoms with van der Waals surface area (Å²) in [5.41, 5.74) is 1.58. The summed E-state index contributed by atoms with van der Waals surface area (Å²) in [4.78, 5) is 0. The summed E-state index contributed by atoms with van der Waals surface area (Å²) < 4.78 is 18.7. The van der Waals surface area contributed by atoms with Gasteiger partial charge in [-0.2, -0.15) is 0 Å². The van der Waals surface area contributed by atoms with Gasteiger partial charge in [0.05, 0.1) is 0 Å². The van der Waals surface area contributed by atoms with Gasteiger partial charge < -0.3 is 10.1 Å². The van der Waals surface area contributed by atoms with E-state index in [2.05, 4.69) is 18.8 Å². The lowest BCUT2D eigenvalue weighted by Crippen LogP contribution is -2.20. The topological polar surface area (TPSA) is 21.3 Å². The molecule has 0 aromatic heterocycles. The van der Waals surface area contributed by atoms with Gasteiger partial charge in [0, 0.05) is 12.6 Å². The minimum atomic E-state index is -0.239. The molecule has 0 aliphatic heterocycles. The van der Waals surface area contributed by atoms with E-state index < -0.39 is 0 Å². The Hall–Kier alpha value is -1.35. The largest absolute Gasteiger partial charge is 0.489 e. The second-order valence-electron chi connectivity index (χ2n) is 4.13. The number of ether oxygens (including phenoxy) is 1. The van der Waals surface area contributed by atoms with Gasteiger partial charge in [-0.1, -0.05) is 19.6 Å². The van der Waals surface area contributed by atoms with E-state index in [1.165, 1.54) is 6.07 Å². The van der Waals surface area contributed by atoms with Crippen molar-refractivity contribution in [2.24, 2.45) is 0 Å². The Morgan fingerprint density at radius 1 is 1.47 bits per heavy atom. The van der Waals surface area contributed by atoms with E-state index in [1.807, 2.05) is 0 Å². The Bertz CT molecular complexity index is 376. The molecule has 0 aliphatic rings. The Morgan fingerprint density at radius 3 is 2.88 bits per heavy atom. The maximum atomic E-state index is 13.2. The molecule has 1 aromatic rings. The molecule has 94 valence electrons. The van der Waals surface area contributed by atoms with E-state index in [-0.39, 0.29) is 5.82 Å². The fourth-order valence-electron chi connectivity index (χ4n) is 1.34. The van der Waals surface area contributed by atoms with Crippen molar-refractivity contribution in [2.45, 2.75) is 20.3 Å². The summed E-state index contributed by atoms with van der Waals surface area (Å²) in [6, 6.07) is 4.88. The van der Waals surface area contributed by atoms with Crippen molar-refractivity contribution in [1.82, 2.24) is 5.32 Å². The van der Waals surface area contributed by atoms with Crippen LogP contribution < -0.4 is 10.1 Å². The van der Waals surface area contributed by atoms with E-state index in [0.717, 1.165) is 25.1 Å². The number of nitrogens with one attached hydrogen (secondary N) is 1. The summed E-state index contributed by atoms with van der Waals surface area (Å²) in [6.07, 6.45) is 1.09. The van der Waals surface area contributed by atoms with E-state index in [4.69, 9.17) is 4.74 Å². The molecule has 0 spiro atoms. The first-order chi connectivity index (χ1) is 8.13. The lowest BCUT2D eigenvalue weighted by molar-refractivity contribution is 0.346. The van der Waals surface area contributed by atoms with Crippen LogP contribution in [0, 0.1) is 12.7 Å². The third-order valence-electron chi connectivity index (χ3n) is 2.39. The normalized spacial score (nSPS) is 10.3. The highest BCUT2D eigenvalue weighted by Crippen LogP contribution is 2.16. The van der Waals surface area contributed by atoms with Crippen LogP contribution in [0.15, 0.2) is 30.4 Å². The molecule has 17 heavy (non-hydrogen) atoms. The molecule has 1 N–H and O–H groups in total. The molecule has 0 saturated carbocycles. The molecule has 0 fully saturated rings. The second kappa shape index (κ2) is 7.07. The van der Waals surface area contributed by atoms with Crippen LogP contribution >= 0.6 is 0 Å². The summed E-state index contributed by atoms with van der Waals surface area (Å²) in [5.74, 6) is 0.307. The van der Waals surface area contributed by atoms with Crippen LogP contribution in [0.4, 0.5) is 4.39 Å². The third-order valence-corrected chi connectivity index (χ3v) is 2.39. The van der Waals surface area contributed by atoms with Crippen LogP contribution in [0.1, 0.15) is 18.9 Å². The van der Waals surface area contributed by atoms with Crippen molar-refractivity contribution >= 4 is 0 Å². The second-order valence-corrected chi connectivity index (χ2v) is 4.13. The number of halogens is 1. The Kier molecular flexibility index (Phi) is 5.70. The molecule has 0 unspecified atom stereocenters.